The number of aryl methyl sites for hydroxylation is 1. The molecule has 4 rings (SSSR count). The molecule has 0 fully saturated rings. The number of carbonyl (C=O) groups is 1. The van der Waals surface area contributed by atoms with Gasteiger partial charge in [-0.3, -0.25) is 9.10 Å². The fourth-order valence-electron chi connectivity index (χ4n) is 3.84. The average molecular weight is 543 g/mol. The van der Waals surface area contributed by atoms with Crippen molar-refractivity contribution >= 4 is 38.1 Å². The number of nitrogens with one attached hydrogen (secondary N) is 1. The number of sulfonamides is 1. The Bertz CT molecular complexity index is 1620. The first-order chi connectivity index (χ1) is 17.8. The maximum Gasteiger partial charge on any atom is 0.416 e. The second-order valence-electron chi connectivity index (χ2n) is 8.86. The van der Waals surface area contributed by atoms with E-state index < -0.39 is 21.8 Å². The number of amides is 1. The lowest BCUT2D eigenvalue weighted by Crippen LogP contribution is -2.25. The van der Waals surface area contributed by atoms with E-state index in [0.29, 0.717) is 22.4 Å². The van der Waals surface area contributed by atoms with Gasteiger partial charge >= 0.3 is 6.18 Å². The number of alkyl halides is 3. The molecular formula is C28H25F3N2O4S. The van der Waals surface area contributed by atoms with Gasteiger partial charge in [0.2, 0.25) is 10.0 Å². The summed E-state index contributed by atoms with van der Waals surface area (Å²) >= 11 is 0. The van der Waals surface area contributed by atoms with Crippen LogP contribution in [0.1, 0.15) is 27.0 Å². The number of halogens is 3. The van der Waals surface area contributed by atoms with Gasteiger partial charge in [-0.05, 0) is 65.2 Å². The van der Waals surface area contributed by atoms with E-state index in [2.05, 4.69) is 5.32 Å². The highest BCUT2D eigenvalue weighted by molar-refractivity contribution is 7.92. The summed E-state index contributed by atoms with van der Waals surface area (Å²) in [6.45, 7) is 1.41. The van der Waals surface area contributed by atoms with Crippen molar-refractivity contribution in [2.75, 3.05) is 22.9 Å². The van der Waals surface area contributed by atoms with E-state index in [1.54, 1.807) is 19.1 Å². The Morgan fingerprint density at radius 2 is 1.66 bits per heavy atom. The van der Waals surface area contributed by atoms with Crippen LogP contribution < -0.4 is 14.4 Å². The van der Waals surface area contributed by atoms with Crippen molar-refractivity contribution < 1.29 is 31.1 Å². The quantitative estimate of drug-likeness (QED) is 0.294. The molecule has 6 nitrogen and oxygen atoms in total. The van der Waals surface area contributed by atoms with Crippen LogP contribution in [0.4, 0.5) is 24.5 Å². The second-order valence-corrected chi connectivity index (χ2v) is 10.9. The summed E-state index contributed by atoms with van der Waals surface area (Å²) in [4.78, 5) is 12.9. The monoisotopic (exact) mass is 542 g/mol. The Morgan fingerprint density at radius 1 is 0.947 bits per heavy atom. The molecule has 4 aromatic carbocycles. The fraction of sp³-hybridized carbons (Fsp3) is 0.179. The molecule has 0 saturated heterocycles. The number of hydrogen-bond acceptors (Lipinski definition) is 4. The van der Waals surface area contributed by atoms with Crippen LogP contribution in [0.3, 0.4) is 0 Å². The molecule has 0 atom stereocenters. The number of ether oxygens (including phenoxy) is 1. The molecule has 10 heteroatoms. The van der Waals surface area contributed by atoms with Crippen LogP contribution >= 0.6 is 0 Å². The van der Waals surface area contributed by atoms with Crippen LogP contribution in [0.15, 0.2) is 78.9 Å². The highest BCUT2D eigenvalue weighted by Gasteiger charge is 2.30. The van der Waals surface area contributed by atoms with E-state index >= 15 is 0 Å². The molecule has 0 aromatic heterocycles. The summed E-state index contributed by atoms with van der Waals surface area (Å²) in [5.74, 6) is -0.314. The Labute approximate surface area is 218 Å². The van der Waals surface area contributed by atoms with Gasteiger partial charge in [-0.2, -0.15) is 13.2 Å². The fourth-order valence-corrected chi connectivity index (χ4v) is 4.35. The predicted octanol–water partition coefficient (Wildman–Crippen LogP) is 6.39. The molecule has 0 aliphatic carbocycles. The number of benzene rings is 4. The van der Waals surface area contributed by atoms with Gasteiger partial charge in [0.1, 0.15) is 12.4 Å². The molecule has 0 saturated carbocycles. The van der Waals surface area contributed by atoms with Gasteiger partial charge in [0.15, 0.2) is 0 Å². The maximum absolute atomic E-state index is 13.2. The summed E-state index contributed by atoms with van der Waals surface area (Å²) in [7, 11) is -2.34. The van der Waals surface area contributed by atoms with Crippen molar-refractivity contribution in [3.05, 3.63) is 101 Å². The van der Waals surface area contributed by atoms with Crippen molar-refractivity contribution in [2.45, 2.75) is 19.7 Å². The molecule has 198 valence electrons. The standard InChI is InChI=1S/C28H25F3N2O4S/c1-18-8-11-23(28(29,30)31)15-22(18)17-37-26-16-24(12-13-25(26)33(2)38(3,35)36)32-27(34)21-10-9-19-6-4-5-7-20(19)14-21/h4-16H,17H2,1-3H3,(H,32,34). The van der Waals surface area contributed by atoms with Gasteiger partial charge < -0.3 is 10.1 Å². The highest BCUT2D eigenvalue weighted by atomic mass is 32.2. The molecule has 0 radical (unpaired) electrons. The van der Waals surface area contributed by atoms with Gasteiger partial charge in [-0.15, -0.1) is 0 Å². The number of rotatable bonds is 7. The van der Waals surface area contributed by atoms with Crippen molar-refractivity contribution in [2.24, 2.45) is 0 Å². The van der Waals surface area contributed by atoms with Crippen molar-refractivity contribution in [3.63, 3.8) is 0 Å². The van der Waals surface area contributed by atoms with E-state index in [4.69, 9.17) is 4.74 Å². The SMILES string of the molecule is Cc1ccc(C(F)(F)F)cc1COc1cc(NC(=O)c2ccc3ccccc3c2)ccc1N(C)S(C)(=O)=O. The minimum atomic E-state index is -4.52. The molecule has 1 N–H and O–H groups in total. The first-order valence-corrected chi connectivity index (χ1v) is 13.4. The van der Waals surface area contributed by atoms with Crippen LogP contribution in [0.25, 0.3) is 10.8 Å². The summed E-state index contributed by atoms with van der Waals surface area (Å²) in [6, 6.07) is 20.7. The zero-order valence-electron chi connectivity index (χ0n) is 20.8. The molecule has 0 heterocycles. The average Bonchev–Trinajstić information content (AvgIpc) is 2.86. The lowest BCUT2D eigenvalue weighted by atomic mass is 10.1. The molecule has 0 bridgehead atoms. The van der Waals surface area contributed by atoms with Gasteiger partial charge in [0, 0.05) is 24.4 Å². The largest absolute Gasteiger partial charge is 0.487 e. The minimum Gasteiger partial charge on any atom is -0.487 e. The van der Waals surface area contributed by atoms with Crippen LogP contribution in [0.5, 0.6) is 5.75 Å². The van der Waals surface area contributed by atoms with E-state index in [9.17, 15) is 26.4 Å². The smallest absolute Gasteiger partial charge is 0.416 e. The molecule has 0 aliphatic heterocycles. The number of fused-ring (bicyclic) bond motifs is 1. The molecular weight excluding hydrogens is 517 g/mol. The third kappa shape index (κ3) is 6.08. The van der Waals surface area contributed by atoms with E-state index in [-0.39, 0.29) is 24.0 Å². The highest BCUT2D eigenvalue weighted by Crippen LogP contribution is 2.34. The summed E-state index contributed by atoms with van der Waals surface area (Å²) < 4.78 is 70.9. The first kappa shape index (κ1) is 27.0. The topological polar surface area (TPSA) is 75.7 Å². The van der Waals surface area contributed by atoms with Gasteiger partial charge in [0.05, 0.1) is 17.5 Å². The van der Waals surface area contributed by atoms with Gasteiger partial charge in [-0.25, -0.2) is 8.42 Å². The molecule has 1 amide bonds. The van der Waals surface area contributed by atoms with Crippen LogP contribution in [0, 0.1) is 6.92 Å². The summed E-state index contributed by atoms with van der Waals surface area (Å²) in [5, 5.41) is 4.65. The number of nitrogens with zero attached hydrogens (tertiary/aromatic N) is 1. The van der Waals surface area contributed by atoms with E-state index in [1.165, 1.54) is 31.3 Å². The molecule has 0 spiro atoms. The Morgan fingerprint density at radius 3 is 2.34 bits per heavy atom. The van der Waals surface area contributed by atoms with Gasteiger partial charge in [-0.1, -0.05) is 36.4 Å². The summed E-state index contributed by atoms with van der Waals surface area (Å²) in [6.07, 6.45) is -3.50. The zero-order valence-corrected chi connectivity index (χ0v) is 21.7. The number of hydrogen-bond donors (Lipinski definition) is 1. The Balaban J connectivity index is 1.64. The lowest BCUT2D eigenvalue weighted by Gasteiger charge is -2.22. The third-order valence-electron chi connectivity index (χ3n) is 6.13. The van der Waals surface area contributed by atoms with E-state index in [0.717, 1.165) is 33.5 Å². The van der Waals surface area contributed by atoms with Crippen molar-refractivity contribution in [1.82, 2.24) is 0 Å². The molecule has 4 aromatic rings. The predicted molar refractivity (Wildman–Crippen MR) is 142 cm³/mol. The zero-order chi connectivity index (χ0) is 27.7. The molecule has 0 unspecified atom stereocenters. The van der Waals surface area contributed by atoms with Crippen LogP contribution in [-0.2, 0) is 22.8 Å². The maximum atomic E-state index is 13.2. The Hall–Kier alpha value is -4.05. The van der Waals surface area contributed by atoms with Crippen LogP contribution in [-0.4, -0.2) is 27.6 Å². The van der Waals surface area contributed by atoms with E-state index in [1.807, 2.05) is 30.3 Å². The normalized spacial score (nSPS) is 11.8. The van der Waals surface area contributed by atoms with Crippen molar-refractivity contribution in [1.29, 1.82) is 0 Å². The third-order valence-corrected chi connectivity index (χ3v) is 7.32. The Kier molecular flexibility index (Phi) is 7.37. The van der Waals surface area contributed by atoms with Gasteiger partial charge in [0.25, 0.3) is 5.91 Å². The van der Waals surface area contributed by atoms with Crippen molar-refractivity contribution in [3.8, 4) is 5.75 Å². The number of anilines is 2. The lowest BCUT2D eigenvalue weighted by molar-refractivity contribution is -0.137. The summed E-state index contributed by atoms with van der Waals surface area (Å²) in [5.41, 5.74) is 0.968. The number of carbonyl (C=O) groups excluding carboxylic acids is 1. The molecule has 0 aliphatic rings. The minimum absolute atomic E-state index is 0.0750. The first-order valence-electron chi connectivity index (χ1n) is 11.5. The van der Waals surface area contributed by atoms with Crippen LogP contribution in [0.2, 0.25) is 0 Å². The molecule has 38 heavy (non-hydrogen) atoms. The second kappa shape index (κ2) is 10.4.